The highest BCUT2D eigenvalue weighted by atomic mass is 32.2. The summed E-state index contributed by atoms with van der Waals surface area (Å²) in [6, 6.07) is 12.4. The molecule has 0 spiro atoms. The highest BCUT2D eigenvalue weighted by molar-refractivity contribution is 7.90. The molecule has 3 aromatic rings. The molecular weight excluding hydrogens is 440 g/mol. The molecule has 11 heteroatoms. The van der Waals surface area contributed by atoms with Crippen LogP contribution in [0.5, 0.6) is 0 Å². The first-order valence-corrected chi connectivity index (χ1v) is 12.5. The van der Waals surface area contributed by atoms with Crippen LogP contribution in [-0.4, -0.2) is 61.3 Å². The number of nitrogens with one attached hydrogen (secondary N) is 5. The van der Waals surface area contributed by atoms with Gasteiger partial charge in [0.05, 0.1) is 17.4 Å². The van der Waals surface area contributed by atoms with Crippen LogP contribution < -0.4 is 20.9 Å². The zero-order chi connectivity index (χ0) is 23.4. The number of anilines is 2. The van der Waals surface area contributed by atoms with E-state index in [0.29, 0.717) is 18.3 Å². The number of aromatic nitrogens is 2. The van der Waals surface area contributed by atoms with E-state index < -0.39 is 10.2 Å². The third kappa shape index (κ3) is 5.63. The minimum absolute atomic E-state index is 0.317. The highest BCUT2D eigenvalue weighted by Gasteiger charge is 2.24. The number of likely N-dealkylation sites (tertiary alicyclic amines) is 1. The van der Waals surface area contributed by atoms with E-state index in [2.05, 4.69) is 48.1 Å². The lowest BCUT2D eigenvalue weighted by molar-refractivity contribution is 0.209. The fourth-order valence-electron chi connectivity index (χ4n) is 4.29. The van der Waals surface area contributed by atoms with Crippen LogP contribution in [0.3, 0.4) is 0 Å². The van der Waals surface area contributed by atoms with E-state index >= 15 is 0 Å². The number of aromatic amines is 1. The summed E-state index contributed by atoms with van der Waals surface area (Å²) in [5, 5.41) is 11.8. The minimum Gasteiger partial charge on any atom is -0.381 e. The monoisotopic (exact) mass is 472 g/mol. The molecule has 10 nitrogen and oxygen atoms in total. The molecule has 2 aromatic carbocycles. The average molecular weight is 473 g/mol. The Morgan fingerprint density at radius 2 is 2.00 bits per heavy atom. The predicted molar refractivity (Wildman–Crippen MR) is 132 cm³/mol. The van der Waals surface area contributed by atoms with Crippen molar-refractivity contribution in [3.05, 3.63) is 53.7 Å². The highest BCUT2D eigenvalue weighted by Crippen LogP contribution is 2.25. The SMILES string of the molecule is CNN(NC)S(=O)(=O)Nc1cc(C)ccc1CN1CCC[C@H](Nc2ccc3[nH]ncc3c2)C1. The summed E-state index contributed by atoms with van der Waals surface area (Å²) in [4.78, 5) is 2.37. The molecular formula is C22H32N8O2S. The summed E-state index contributed by atoms with van der Waals surface area (Å²) in [5.74, 6) is 0. The van der Waals surface area contributed by atoms with Gasteiger partial charge in [-0.05, 0) is 61.7 Å². The molecule has 33 heavy (non-hydrogen) atoms. The van der Waals surface area contributed by atoms with Crippen molar-refractivity contribution in [1.82, 2.24) is 30.5 Å². The van der Waals surface area contributed by atoms with Gasteiger partial charge in [-0.15, -0.1) is 0 Å². The van der Waals surface area contributed by atoms with Crippen LogP contribution in [0.2, 0.25) is 0 Å². The first-order chi connectivity index (χ1) is 15.9. The Labute approximate surface area is 194 Å². The van der Waals surface area contributed by atoms with Crippen LogP contribution in [-0.2, 0) is 16.8 Å². The predicted octanol–water partition coefficient (Wildman–Crippen LogP) is 2.18. The normalized spacial score (nSPS) is 17.5. The van der Waals surface area contributed by atoms with E-state index in [9.17, 15) is 8.42 Å². The second-order valence-corrected chi connectivity index (χ2v) is 9.89. The molecule has 2 heterocycles. The molecule has 5 N–H and O–H groups in total. The van der Waals surface area contributed by atoms with Gasteiger partial charge in [0.25, 0.3) is 0 Å². The molecule has 1 atom stereocenters. The van der Waals surface area contributed by atoms with Gasteiger partial charge in [-0.1, -0.05) is 16.7 Å². The zero-order valence-corrected chi connectivity index (χ0v) is 20.0. The van der Waals surface area contributed by atoms with Crippen molar-refractivity contribution >= 4 is 32.5 Å². The van der Waals surface area contributed by atoms with E-state index in [1.54, 1.807) is 0 Å². The molecule has 1 saturated heterocycles. The number of hydrazine groups is 2. The maximum absolute atomic E-state index is 12.7. The molecule has 1 aromatic heterocycles. The van der Waals surface area contributed by atoms with Gasteiger partial charge in [0.2, 0.25) is 0 Å². The van der Waals surface area contributed by atoms with Gasteiger partial charge in [-0.3, -0.25) is 14.7 Å². The number of piperidine rings is 1. The number of aryl methyl sites for hydroxylation is 1. The Morgan fingerprint density at radius 1 is 1.18 bits per heavy atom. The van der Waals surface area contributed by atoms with Gasteiger partial charge < -0.3 is 5.32 Å². The molecule has 1 aliphatic heterocycles. The van der Waals surface area contributed by atoms with Crippen molar-refractivity contribution in [2.45, 2.75) is 32.4 Å². The molecule has 178 valence electrons. The lowest BCUT2D eigenvalue weighted by Crippen LogP contribution is -2.50. The summed E-state index contributed by atoms with van der Waals surface area (Å²) in [6.07, 6.45) is 4.00. The molecule has 0 bridgehead atoms. The summed E-state index contributed by atoms with van der Waals surface area (Å²) < 4.78 is 29.1. The zero-order valence-electron chi connectivity index (χ0n) is 19.2. The molecule has 1 aliphatic rings. The molecule has 0 amide bonds. The Balaban J connectivity index is 1.45. The summed E-state index contributed by atoms with van der Waals surface area (Å²) in [6.45, 7) is 4.46. The van der Waals surface area contributed by atoms with Gasteiger partial charge in [0.15, 0.2) is 0 Å². The maximum atomic E-state index is 12.7. The first-order valence-electron chi connectivity index (χ1n) is 11.1. The molecule has 1 fully saturated rings. The van der Waals surface area contributed by atoms with Crippen molar-refractivity contribution < 1.29 is 8.42 Å². The van der Waals surface area contributed by atoms with E-state index in [0.717, 1.165) is 58.2 Å². The summed E-state index contributed by atoms with van der Waals surface area (Å²) >= 11 is 0. The van der Waals surface area contributed by atoms with Crippen molar-refractivity contribution in [2.75, 3.05) is 37.2 Å². The lowest BCUT2D eigenvalue weighted by atomic mass is 10.0. The van der Waals surface area contributed by atoms with E-state index in [1.807, 2.05) is 37.4 Å². The molecule has 0 saturated carbocycles. The van der Waals surface area contributed by atoms with Crippen LogP contribution in [0.4, 0.5) is 11.4 Å². The second-order valence-electron chi connectivity index (χ2n) is 8.37. The largest absolute Gasteiger partial charge is 0.381 e. The molecule has 0 radical (unpaired) electrons. The number of hydrogen-bond donors (Lipinski definition) is 5. The Morgan fingerprint density at radius 3 is 2.79 bits per heavy atom. The Bertz CT molecular complexity index is 1190. The van der Waals surface area contributed by atoms with Crippen molar-refractivity contribution in [2.24, 2.45) is 0 Å². The molecule has 0 aliphatic carbocycles. The fourth-order valence-corrected chi connectivity index (χ4v) is 5.33. The van der Waals surface area contributed by atoms with E-state index in [-0.39, 0.29) is 0 Å². The minimum atomic E-state index is -3.80. The third-order valence-electron chi connectivity index (χ3n) is 5.86. The number of benzene rings is 2. The standard InChI is InChI=1S/C22H32N8O2S/c1-16-6-7-17(22(11-16)28-33(31,32)30(23-2)24-3)14-29-10-4-5-20(15-29)26-19-8-9-21-18(12-19)13-25-27-21/h6-9,11-13,20,23-24,26,28H,4-5,10,14-15H2,1-3H3,(H,25,27)/t20-/m0/s1. The molecule has 4 rings (SSSR count). The van der Waals surface area contributed by atoms with Crippen LogP contribution in [0.15, 0.2) is 42.6 Å². The number of fused-ring (bicyclic) bond motifs is 1. The van der Waals surface area contributed by atoms with E-state index in [4.69, 9.17) is 0 Å². The van der Waals surface area contributed by atoms with Crippen LogP contribution in [0, 0.1) is 6.92 Å². The summed E-state index contributed by atoms with van der Waals surface area (Å²) in [5.41, 5.74) is 9.85. The molecule has 0 unspecified atom stereocenters. The van der Waals surface area contributed by atoms with Crippen molar-refractivity contribution in [3.8, 4) is 0 Å². The van der Waals surface area contributed by atoms with Gasteiger partial charge >= 0.3 is 10.2 Å². The smallest absolute Gasteiger partial charge is 0.328 e. The Hall–Kier alpha value is -2.70. The maximum Gasteiger partial charge on any atom is 0.328 e. The number of H-pyrrole nitrogens is 1. The second kappa shape index (κ2) is 10.1. The first kappa shape index (κ1) is 23.5. The number of nitrogens with zero attached hydrogens (tertiary/aromatic N) is 3. The number of hydrogen-bond acceptors (Lipinski definition) is 7. The quantitative estimate of drug-likeness (QED) is 0.303. The van der Waals surface area contributed by atoms with E-state index in [1.165, 1.54) is 14.1 Å². The van der Waals surface area contributed by atoms with Crippen LogP contribution >= 0.6 is 0 Å². The average Bonchev–Trinajstić information content (AvgIpc) is 3.24. The fraction of sp³-hybridized carbons (Fsp3) is 0.409. The summed E-state index contributed by atoms with van der Waals surface area (Å²) in [7, 11) is -0.718. The van der Waals surface area contributed by atoms with Crippen molar-refractivity contribution in [1.29, 1.82) is 0 Å². The lowest BCUT2D eigenvalue weighted by Gasteiger charge is -2.34. The number of rotatable bonds is 9. The van der Waals surface area contributed by atoms with Gasteiger partial charge in [-0.25, -0.2) is 10.9 Å². The van der Waals surface area contributed by atoms with Crippen LogP contribution in [0.1, 0.15) is 24.0 Å². The van der Waals surface area contributed by atoms with Gasteiger partial charge in [0.1, 0.15) is 0 Å². The van der Waals surface area contributed by atoms with Crippen molar-refractivity contribution in [3.63, 3.8) is 0 Å². The van der Waals surface area contributed by atoms with Gasteiger partial charge in [-0.2, -0.15) is 13.5 Å². The van der Waals surface area contributed by atoms with Gasteiger partial charge in [0, 0.05) is 44.3 Å². The Kier molecular flexibility index (Phi) is 7.15. The third-order valence-corrected chi connectivity index (χ3v) is 7.19. The topological polar surface area (TPSA) is 117 Å². The van der Waals surface area contributed by atoms with Crippen LogP contribution in [0.25, 0.3) is 10.9 Å².